The smallest absolute Gasteiger partial charge is 0.0370 e. The normalized spacial score (nSPS) is 9.86. The minimum atomic E-state index is 1.08. The Hall–Kier alpha value is -0.760. The number of halogens is 1. The summed E-state index contributed by atoms with van der Waals surface area (Å²) in [6, 6.07) is 6.34. The highest BCUT2D eigenvalue weighted by molar-refractivity contribution is 9.10. The fourth-order valence-corrected chi connectivity index (χ4v) is 1.86. The lowest BCUT2D eigenvalue weighted by Gasteiger charge is -2.08. The zero-order chi connectivity index (χ0) is 10.4. The molecule has 0 bridgehead atoms. The molecular weight excluding hydrogens is 238 g/mol. The van der Waals surface area contributed by atoms with Crippen LogP contribution in [0, 0.1) is 0 Å². The average Bonchev–Trinajstić information content (AvgIpc) is 2.19. The Balaban J connectivity index is 2.71. The van der Waals surface area contributed by atoms with Crippen molar-refractivity contribution in [1.82, 2.24) is 0 Å². The first-order valence-corrected chi connectivity index (χ1v) is 5.64. The molecule has 0 fully saturated rings. The van der Waals surface area contributed by atoms with Crippen LogP contribution >= 0.6 is 15.9 Å². The van der Waals surface area contributed by atoms with Gasteiger partial charge in [0.05, 0.1) is 0 Å². The Morgan fingerprint density at radius 1 is 1.50 bits per heavy atom. The lowest BCUT2D eigenvalue weighted by Crippen LogP contribution is -1.95. The van der Waals surface area contributed by atoms with Gasteiger partial charge >= 0.3 is 0 Å². The highest BCUT2D eigenvalue weighted by Gasteiger charge is 2.00. The highest BCUT2D eigenvalue weighted by Crippen LogP contribution is 2.22. The van der Waals surface area contributed by atoms with E-state index in [-0.39, 0.29) is 0 Å². The maximum atomic E-state index is 3.73. The molecule has 0 heterocycles. The summed E-state index contributed by atoms with van der Waals surface area (Å²) in [7, 11) is 1.96. The third-order valence-electron chi connectivity index (χ3n) is 2.19. The lowest BCUT2D eigenvalue weighted by atomic mass is 10.1. The van der Waals surface area contributed by atoms with Crippen LogP contribution in [0.1, 0.15) is 18.4 Å². The van der Waals surface area contributed by atoms with E-state index in [0.29, 0.717) is 0 Å². The monoisotopic (exact) mass is 253 g/mol. The Morgan fingerprint density at radius 2 is 2.29 bits per heavy atom. The summed E-state index contributed by atoms with van der Waals surface area (Å²) >= 11 is 3.49. The van der Waals surface area contributed by atoms with Crippen LogP contribution in [0.5, 0.6) is 0 Å². The van der Waals surface area contributed by atoms with Gasteiger partial charge in [-0.25, -0.2) is 0 Å². The van der Waals surface area contributed by atoms with Gasteiger partial charge < -0.3 is 5.32 Å². The number of unbranched alkanes of at least 4 members (excludes halogenated alkanes) is 1. The molecule has 0 radical (unpaired) electrons. The number of anilines is 1. The van der Waals surface area contributed by atoms with E-state index in [9.17, 15) is 0 Å². The molecule has 1 aromatic carbocycles. The first-order valence-electron chi connectivity index (χ1n) is 4.85. The molecule has 0 aliphatic heterocycles. The van der Waals surface area contributed by atoms with Gasteiger partial charge in [-0.05, 0) is 43.0 Å². The molecule has 1 aromatic rings. The second-order valence-electron chi connectivity index (χ2n) is 3.23. The van der Waals surface area contributed by atoms with E-state index >= 15 is 0 Å². The van der Waals surface area contributed by atoms with Crippen molar-refractivity contribution in [2.24, 2.45) is 0 Å². The standard InChI is InChI=1S/C12H16BrN/c1-3-4-5-6-10-9-11(13)7-8-12(10)14-2/h3,7-9,14H,1,4-6H2,2H3. The minimum Gasteiger partial charge on any atom is -0.388 e. The molecule has 0 aromatic heterocycles. The average molecular weight is 254 g/mol. The van der Waals surface area contributed by atoms with Crippen LogP contribution in [0.4, 0.5) is 5.69 Å². The molecule has 2 heteroatoms. The molecule has 1 rings (SSSR count). The second-order valence-corrected chi connectivity index (χ2v) is 4.15. The first-order chi connectivity index (χ1) is 6.77. The van der Waals surface area contributed by atoms with Crippen molar-refractivity contribution in [3.05, 3.63) is 40.9 Å². The van der Waals surface area contributed by atoms with E-state index in [0.717, 1.165) is 23.7 Å². The summed E-state index contributed by atoms with van der Waals surface area (Å²) < 4.78 is 1.14. The lowest BCUT2D eigenvalue weighted by molar-refractivity contribution is 0.844. The van der Waals surface area contributed by atoms with Crippen molar-refractivity contribution in [3.8, 4) is 0 Å². The van der Waals surface area contributed by atoms with Gasteiger partial charge in [0.25, 0.3) is 0 Å². The van der Waals surface area contributed by atoms with Gasteiger partial charge in [-0.3, -0.25) is 0 Å². The number of aryl methyl sites for hydroxylation is 1. The quantitative estimate of drug-likeness (QED) is 0.618. The minimum absolute atomic E-state index is 1.08. The molecule has 0 aliphatic rings. The van der Waals surface area contributed by atoms with Crippen molar-refractivity contribution in [3.63, 3.8) is 0 Å². The third kappa shape index (κ3) is 3.18. The van der Waals surface area contributed by atoms with E-state index < -0.39 is 0 Å². The number of nitrogens with one attached hydrogen (secondary N) is 1. The molecule has 0 unspecified atom stereocenters. The summed E-state index contributed by atoms with van der Waals surface area (Å²) in [5.74, 6) is 0. The third-order valence-corrected chi connectivity index (χ3v) is 2.68. The second kappa shape index (κ2) is 5.86. The van der Waals surface area contributed by atoms with Crippen LogP contribution in [0.3, 0.4) is 0 Å². The van der Waals surface area contributed by atoms with Crippen LogP contribution in [0.2, 0.25) is 0 Å². The number of hydrogen-bond donors (Lipinski definition) is 1. The number of benzene rings is 1. The van der Waals surface area contributed by atoms with Crippen molar-refractivity contribution in [2.45, 2.75) is 19.3 Å². The maximum Gasteiger partial charge on any atom is 0.0370 e. The van der Waals surface area contributed by atoms with Gasteiger partial charge in [-0.2, -0.15) is 0 Å². The van der Waals surface area contributed by atoms with Gasteiger partial charge in [-0.15, -0.1) is 6.58 Å². The maximum absolute atomic E-state index is 3.73. The number of hydrogen-bond acceptors (Lipinski definition) is 1. The van der Waals surface area contributed by atoms with E-state index in [1.807, 2.05) is 13.1 Å². The van der Waals surface area contributed by atoms with E-state index in [1.165, 1.54) is 11.3 Å². The Morgan fingerprint density at radius 3 is 2.93 bits per heavy atom. The highest BCUT2D eigenvalue weighted by atomic mass is 79.9. The molecule has 0 saturated carbocycles. The van der Waals surface area contributed by atoms with Gasteiger partial charge in [0.1, 0.15) is 0 Å². The number of allylic oxidation sites excluding steroid dienone is 1. The van der Waals surface area contributed by atoms with E-state index in [4.69, 9.17) is 0 Å². The molecule has 1 nitrogen and oxygen atoms in total. The van der Waals surface area contributed by atoms with Crippen LogP contribution in [-0.4, -0.2) is 7.05 Å². The van der Waals surface area contributed by atoms with Crippen LogP contribution in [0.15, 0.2) is 35.3 Å². The van der Waals surface area contributed by atoms with Gasteiger partial charge in [0, 0.05) is 17.2 Å². The van der Waals surface area contributed by atoms with Gasteiger partial charge in [0.15, 0.2) is 0 Å². The predicted molar refractivity (Wildman–Crippen MR) is 66.8 cm³/mol. The summed E-state index contributed by atoms with van der Waals surface area (Å²) in [5, 5.41) is 3.20. The van der Waals surface area contributed by atoms with Crippen molar-refractivity contribution in [1.29, 1.82) is 0 Å². The molecule has 0 spiro atoms. The fraction of sp³-hybridized carbons (Fsp3) is 0.333. The molecule has 1 N–H and O–H groups in total. The summed E-state index contributed by atoms with van der Waals surface area (Å²) in [5.41, 5.74) is 2.58. The Labute approximate surface area is 94.3 Å². The first kappa shape index (κ1) is 11.3. The fourth-order valence-electron chi connectivity index (χ4n) is 1.45. The topological polar surface area (TPSA) is 12.0 Å². The zero-order valence-corrected chi connectivity index (χ0v) is 10.1. The molecular formula is C12H16BrN. The molecule has 0 atom stereocenters. The van der Waals surface area contributed by atoms with E-state index in [1.54, 1.807) is 0 Å². The van der Waals surface area contributed by atoms with Crippen molar-refractivity contribution in [2.75, 3.05) is 12.4 Å². The van der Waals surface area contributed by atoms with Crippen LogP contribution in [0.25, 0.3) is 0 Å². The Bertz CT molecular complexity index is 307. The molecule has 0 aliphatic carbocycles. The molecule has 76 valence electrons. The summed E-state index contributed by atoms with van der Waals surface area (Å²) in [4.78, 5) is 0. The van der Waals surface area contributed by atoms with Crippen molar-refractivity contribution >= 4 is 21.6 Å². The molecule has 14 heavy (non-hydrogen) atoms. The Kier molecular flexibility index (Phi) is 4.74. The van der Waals surface area contributed by atoms with Gasteiger partial charge in [0.2, 0.25) is 0 Å². The SMILES string of the molecule is C=CCCCc1cc(Br)ccc1NC. The largest absolute Gasteiger partial charge is 0.388 e. The van der Waals surface area contributed by atoms with Crippen LogP contribution < -0.4 is 5.32 Å². The van der Waals surface area contributed by atoms with Gasteiger partial charge in [-0.1, -0.05) is 22.0 Å². The van der Waals surface area contributed by atoms with E-state index in [2.05, 4.69) is 46.0 Å². The zero-order valence-electron chi connectivity index (χ0n) is 8.52. The molecule has 0 saturated heterocycles. The van der Waals surface area contributed by atoms with Crippen molar-refractivity contribution < 1.29 is 0 Å². The number of rotatable bonds is 5. The molecule has 0 amide bonds. The van der Waals surface area contributed by atoms with Crippen LogP contribution in [-0.2, 0) is 6.42 Å². The summed E-state index contributed by atoms with van der Waals surface area (Å²) in [6.07, 6.45) is 5.31. The predicted octanol–water partition coefficient (Wildman–Crippen LogP) is 4.00. The summed E-state index contributed by atoms with van der Waals surface area (Å²) in [6.45, 7) is 3.73.